The topological polar surface area (TPSA) is 29.5 Å². The van der Waals surface area contributed by atoms with Crippen molar-refractivity contribution in [2.24, 2.45) is 0 Å². The molecule has 0 spiro atoms. The first-order valence-electron chi connectivity index (χ1n) is 6.65. The minimum absolute atomic E-state index is 0.0162. The van der Waals surface area contributed by atoms with Crippen LogP contribution in [0.2, 0.25) is 18.1 Å². The predicted molar refractivity (Wildman–Crippen MR) is 79.4 cm³/mol. The van der Waals surface area contributed by atoms with Crippen LogP contribution in [0.1, 0.15) is 38.1 Å². The first-order chi connectivity index (χ1) is 8.67. The Morgan fingerprint density at radius 3 is 2.16 bits per heavy atom. The molecule has 0 aliphatic rings. The summed E-state index contributed by atoms with van der Waals surface area (Å²) in [6.45, 7) is 10.8. The Labute approximate surface area is 116 Å². The summed E-state index contributed by atoms with van der Waals surface area (Å²) >= 11 is 0. The second kappa shape index (κ2) is 6.16. The molecule has 0 aliphatic carbocycles. The third kappa shape index (κ3) is 4.40. The van der Waals surface area contributed by atoms with E-state index in [2.05, 4.69) is 33.9 Å². The van der Waals surface area contributed by atoms with Crippen molar-refractivity contribution >= 4 is 8.32 Å². The normalized spacial score (nSPS) is 14.5. The number of hydrogen-bond acceptors (Lipinski definition) is 2. The molecule has 0 amide bonds. The van der Waals surface area contributed by atoms with E-state index in [1.807, 2.05) is 0 Å². The van der Waals surface area contributed by atoms with E-state index in [0.717, 1.165) is 5.56 Å². The Morgan fingerprint density at radius 2 is 1.74 bits per heavy atom. The van der Waals surface area contributed by atoms with E-state index >= 15 is 0 Å². The summed E-state index contributed by atoms with van der Waals surface area (Å²) in [4.78, 5) is 0. The quantitative estimate of drug-likeness (QED) is 0.821. The van der Waals surface area contributed by atoms with Gasteiger partial charge >= 0.3 is 0 Å². The van der Waals surface area contributed by atoms with Gasteiger partial charge in [0.15, 0.2) is 8.32 Å². The van der Waals surface area contributed by atoms with E-state index in [-0.39, 0.29) is 18.3 Å². The highest BCUT2D eigenvalue weighted by Gasteiger charge is 2.37. The van der Waals surface area contributed by atoms with Crippen molar-refractivity contribution in [2.45, 2.75) is 51.7 Å². The molecule has 0 aromatic heterocycles. The lowest BCUT2D eigenvalue weighted by atomic mass is 10.1. The molecule has 1 aromatic carbocycles. The van der Waals surface area contributed by atoms with Crippen molar-refractivity contribution in [3.8, 4) is 0 Å². The second-order valence-corrected chi connectivity index (χ2v) is 11.2. The van der Waals surface area contributed by atoms with E-state index in [9.17, 15) is 4.39 Å². The van der Waals surface area contributed by atoms with Gasteiger partial charge in [-0.05, 0) is 29.3 Å². The molecule has 0 saturated heterocycles. The molecular weight excluding hydrogens is 259 g/mol. The van der Waals surface area contributed by atoms with E-state index < -0.39 is 14.5 Å². The van der Waals surface area contributed by atoms with Crippen LogP contribution in [0, 0.1) is 0 Å². The fourth-order valence-electron chi connectivity index (χ4n) is 1.43. The zero-order valence-corrected chi connectivity index (χ0v) is 13.5. The molecule has 4 heteroatoms. The fourth-order valence-corrected chi connectivity index (χ4v) is 2.42. The molecule has 1 aromatic rings. The van der Waals surface area contributed by atoms with Gasteiger partial charge in [-0.15, -0.1) is 0 Å². The Balaban J connectivity index is 2.62. The van der Waals surface area contributed by atoms with Crippen LogP contribution < -0.4 is 0 Å². The van der Waals surface area contributed by atoms with Crippen LogP contribution in [-0.2, 0) is 11.0 Å². The molecule has 108 valence electrons. The van der Waals surface area contributed by atoms with Gasteiger partial charge < -0.3 is 9.53 Å². The second-order valence-electron chi connectivity index (χ2n) is 6.44. The van der Waals surface area contributed by atoms with E-state index in [1.165, 1.54) is 0 Å². The van der Waals surface area contributed by atoms with E-state index in [0.29, 0.717) is 5.56 Å². The maximum absolute atomic E-state index is 14.1. The van der Waals surface area contributed by atoms with Crippen molar-refractivity contribution in [3.05, 3.63) is 35.4 Å². The number of aliphatic hydroxyl groups is 1. The Hall–Kier alpha value is -0.713. The molecule has 1 rings (SSSR count). The number of alkyl halides is 1. The van der Waals surface area contributed by atoms with Gasteiger partial charge in [0, 0.05) is 0 Å². The Morgan fingerprint density at radius 1 is 1.21 bits per heavy atom. The molecule has 0 saturated carbocycles. The van der Waals surface area contributed by atoms with Gasteiger partial charge in [0.25, 0.3) is 0 Å². The maximum atomic E-state index is 14.1. The van der Waals surface area contributed by atoms with Crippen molar-refractivity contribution in [1.82, 2.24) is 0 Å². The molecule has 0 radical (unpaired) electrons. The number of benzene rings is 1. The highest BCUT2D eigenvalue weighted by atomic mass is 28.4. The molecule has 19 heavy (non-hydrogen) atoms. The smallest absolute Gasteiger partial charge is 0.192 e. The first kappa shape index (κ1) is 16.3. The summed E-state index contributed by atoms with van der Waals surface area (Å²) in [5.41, 5.74) is 1.40. The summed E-state index contributed by atoms with van der Waals surface area (Å²) in [5, 5.41) is 9.04. The van der Waals surface area contributed by atoms with Gasteiger partial charge in [0.2, 0.25) is 0 Å². The highest BCUT2D eigenvalue weighted by Crippen LogP contribution is 2.37. The summed E-state index contributed by atoms with van der Waals surface area (Å²) in [6.07, 6.45) is -1.11. The van der Waals surface area contributed by atoms with Crippen molar-refractivity contribution < 1.29 is 13.9 Å². The van der Waals surface area contributed by atoms with Crippen LogP contribution in [0.4, 0.5) is 4.39 Å². The third-order valence-electron chi connectivity index (χ3n) is 3.92. The summed E-state index contributed by atoms with van der Waals surface area (Å²) in [6, 6.07) is 6.92. The van der Waals surface area contributed by atoms with E-state index in [4.69, 9.17) is 9.53 Å². The summed E-state index contributed by atoms with van der Waals surface area (Å²) in [5.74, 6) is 0. The van der Waals surface area contributed by atoms with Gasteiger partial charge in [0.1, 0.15) is 6.17 Å². The summed E-state index contributed by atoms with van der Waals surface area (Å²) in [7, 11) is -1.90. The van der Waals surface area contributed by atoms with Crippen LogP contribution in [0.15, 0.2) is 24.3 Å². The lowest BCUT2D eigenvalue weighted by Gasteiger charge is -2.36. The molecule has 0 bridgehead atoms. The van der Waals surface area contributed by atoms with Gasteiger partial charge in [-0.1, -0.05) is 45.0 Å². The molecule has 0 fully saturated rings. The van der Waals surface area contributed by atoms with Crippen molar-refractivity contribution in [1.29, 1.82) is 0 Å². The first-order valence-corrected chi connectivity index (χ1v) is 9.56. The monoisotopic (exact) mass is 284 g/mol. The molecule has 1 unspecified atom stereocenters. The minimum atomic E-state index is -1.90. The summed E-state index contributed by atoms with van der Waals surface area (Å²) < 4.78 is 20.0. The number of hydrogen-bond donors (Lipinski definition) is 1. The van der Waals surface area contributed by atoms with Crippen LogP contribution in [0.25, 0.3) is 0 Å². The average Bonchev–Trinajstić information content (AvgIpc) is 2.35. The fraction of sp³-hybridized carbons (Fsp3) is 0.600. The van der Waals surface area contributed by atoms with Gasteiger partial charge in [-0.25, -0.2) is 4.39 Å². The molecule has 1 N–H and O–H groups in total. The average molecular weight is 284 g/mol. The van der Waals surface area contributed by atoms with Crippen molar-refractivity contribution in [3.63, 3.8) is 0 Å². The lowest BCUT2D eigenvalue weighted by Crippen LogP contribution is -2.41. The number of aliphatic hydroxyl groups excluding tert-OH is 1. The largest absolute Gasteiger partial charge is 0.414 e. The SMILES string of the molecule is CC(C)(C)[Si](C)(C)OCC(F)c1ccc(CO)cc1. The number of halogens is 1. The molecular formula is C15H25FO2Si. The third-order valence-corrected chi connectivity index (χ3v) is 8.42. The molecule has 1 atom stereocenters. The maximum Gasteiger partial charge on any atom is 0.192 e. The van der Waals surface area contributed by atoms with Crippen LogP contribution in [0.3, 0.4) is 0 Å². The molecule has 0 aliphatic heterocycles. The van der Waals surface area contributed by atoms with E-state index in [1.54, 1.807) is 24.3 Å². The predicted octanol–water partition coefficient (Wildman–Crippen LogP) is 4.21. The van der Waals surface area contributed by atoms with Crippen LogP contribution in [-0.4, -0.2) is 20.0 Å². The lowest BCUT2D eigenvalue weighted by molar-refractivity contribution is 0.183. The Kier molecular flexibility index (Phi) is 5.30. The molecule has 2 nitrogen and oxygen atoms in total. The standard InChI is InChI=1S/C15H25FO2Si/c1-15(2,3)19(4,5)18-11-14(16)13-8-6-12(10-17)7-9-13/h6-9,14,17H,10-11H2,1-5H3. The van der Waals surface area contributed by atoms with Gasteiger partial charge in [-0.3, -0.25) is 0 Å². The van der Waals surface area contributed by atoms with Gasteiger partial charge in [0.05, 0.1) is 13.2 Å². The zero-order valence-electron chi connectivity index (χ0n) is 12.5. The van der Waals surface area contributed by atoms with Crippen molar-refractivity contribution in [2.75, 3.05) is 6.61 Å². The van der Waals surface area contributed by atoms with Crippen LogP contribution >= 0.6 is 0 Å². The molecule has 0 heterocycles. The van der Waals surface area contributed by atoms with Crippen LogP contribution in [0.5, 0.6) is 0 Å². The zero-order chi connectivity index (χ0) is 14.7. The Bertz CT molecular complexity index is 396. The van der Waals surface area contributed by atoms with Gasteiger partial charge in [-0.2, -0.15) is 0 Å². The minimum Gasteiger partial charge on any atom is -0.414 e. The highest BCUT2D eigenvalue weighted by molar-refractivity contribution is 6.74. The number of rotatable bonds is 5.